The van der Waals surface area contributed by atoms with E-state index < -0.39 is 16.1 Å². The molecule has 3 aromatic carbocycles. The third kappa shape index (κ3) is 5.57. The van der Waals surface area contributed by atoms with E-state index in [0.717, 1.165) is 11.1 Å². The lowest BCUT2D eigenvalue weighted by Gasteiger charge is -2.21. The predicted octanol–water partition coefficient (Wildman–Crippen LogP) is 4.34. The Balaban J connectivity index is 1.54. The molecule has 0 saturated carbocycles. The first-order valence-electron chi connectivity index (χ1n) is 12.0. The number of hydrogen-bond acceptors (Lipinski definition) is 6. The summed E-state index contributed by atoms with van der Waals surface area (Å²) in [6.07, 6.45) is -0.749. The summed E-state index contributed by atoms with van der Waals surface area (Å²) in [7, 11) is -0.883. The lowest BCUT2D eigenvalue weighted by molar-refractivity contribution is 0.0337. The quantitative estimate of drug-likeness (QED) is 0.471. The van der Waals surface area contributed by atoms with Crippen LogP contribution in [0.1, 0.15) is 27.0 Å². The van der Waals surface area contributed by atoms with Gasteiger partial charge >= 0.3 is 0 Å². The van der Waals surface area contributed by atoms with Crippen molar-refractivity contribution in [3.05, 3.63) is 82.9 Å². The molecule has 1 heterocycles. The lowest BCUT2D eigenvalue weighted by atomic mass is 10.0. The molecule has 37 heavy (non-hydrogen) atoms. The van der Waals surface area contributed by atoms with Crippen LogP contribution in [0.3, 0.4) is 0 Å². The number of rotatable bonds is 8. The number of carbonyl (C=O) groups is 1. The van der Waals surface area contributed by atoms with Crippen molar-refractivity contribution in [2.45, 2.75) is 37.9 Å². The molecule has 0 aromatic heterocycles. The number of ether oxygens (including phenoxy) is 3. The van der Waals surface area contributed by atoms with Gasteiger partial charge in [-0.15, -0.1) is 0 Å². The molecule has 9 heteroatoms. The van der Waals surface area contributed by atoms with Gasteiger partial charge in [0.15, 0.2) is 0 Å². The maximum absolute atomic E-state index is 13.3. The van der Waals surface area contributed by atoms with Crippen LogP contribution in [0.2, 0.25) is 0 Å². The molecule has 0 spiro atoms. The number of benzene rings is 3. The Bertz CT molecular complexity index is 1410. The van der Waals surface area contributed by atoms with Crippen molar-refractivity contribution in [2.24, 2.45) is 0 Å². The van der Waals surface area contributed by atoms with Gasteiger partial charge in [-0.2, -0.15) is 0 Å². The van der Waals surface area contributed by atoms with Crippen molar-refractivity contribution in [3.63, 3.8) is 0 Å². The zero-order valence-corrected chi connectivity index (χ0v) is 22.5. The fraction of sp³-hybridized carbons (Fsp3) is 0.321. The van der Waals surface area contributed by atoms with E-state index in [1.807, 2.05) is 32.0 Å². The molecule has 196 valence electrons. The zero-order chi connectivity index (χ0) is 26.7. The summed E-state index contributed by atoms with van der Waals surface area (Å²) in [5.74, 6) is 0.695. The maximum Gasteiger partial charge on any atom is 0.265 e. The largest absolute Gasteiger partial charge is 0.495 e. The van der Waals surface area contributed by atoms with Gasteiger partial charge in [0, 0.05) is 18.2 Å². The second-order valence-electron chi connectivity index (χ2n) is 9.14. The number of sulfonamides is 1. The molecule has 1 fully saturated rings. The number of amides is 1. The summed E-state index contributed by atoms with van der Waals surface area (Å²) < 4.78 is 46.0. The first kappa shape index (κ1) is 26.5. The highest BCUT2D eigenvalue weighted by Gasteiger charge is 2.38. The number of hydrogen-bond donors (Lipinski definition) is 1. The van der Waals surface area contributed by atoms with Crippen LogP contribution in [-0.4, -0.2) is 58.7 Å². The molecule has 1 aliphatic rings. The predicted molar refractivity (Wildman–Crippen MR) is 142 cm³/mol. The minimum Gasteiger partial charge on any atom is -0.495 e. The third-order valence-electron chi connectivity index (χ3n) is 6.59. The molecule has 4 rings (SSSR count). The minimum atomic E-state index is -3.90. The fourth-order valence-corrected chi connectivity index (χ4v) is 5.74. The Morgan fingerprint density at radius 2 is 1.62 bits per heavy atom. The standard InChI is InChI=1S/C28H32N2O6S/c1-18-13-14-19(2)21(15-18)28(31)30-16-25(35-5)26(17-30)36-23-11-8-9-22(20(23)3)29-37(32,33)27-12-7-6-10-24(27)34-4/h6-15,25-26,29H,16-17H2,1-5H3. The summed E-state index contributed by atoms with van der Waals surface area (Å²) >= 11 is 0. The lowest BCUT2D eigenvalue weighted by Crippen LogP contribution is -2.32. The van der Waals surface area contributed by atoms with Crippen molar-refractivity contribution in [1.82, 2.24) is 4.90 Å². The van der Waals surface area contributed by atoms with E-state index in [1.165, 1.54) is 13.2 Å². The SMILES string of the molecule is COc1ccccc1S(=O)(=O)Nc1cccc(OC2CN(C(=O)c3cc(C)ccc3C)CC2OC)c1C. The van der Waals surface area contributed by atoms with Gasteiger partial charge in [0.25, 0.3) is 15.9 Å². The van der Waals surface area contributed by atoms with Crippen molar-refractivity contribution in [2.75, 3.05) is 32.0 Å². The van der Waals surface area contributed by atoms with E-state index in [0.29, 0.717) is 35.7 Å². The molecule has 0 bridgehead atoms. The summed E-state index contributed by atoms with van der Waals surface area (Å²) in [5, 5.41) is 0. The third-order valence-corrected chi connectivity index (χ3v) is 8.00. The number of nitrogens with zero attached hydrogens (tertiary/aromatic N) is 1. The number of likely N-dealkylation sites (tertiary alicyclic amines) is 1. The number of methoxy groups -OCH3 is 2. The molecule has 1 amide bonds. The summed E-state index contributed by atoms with van der Waals surface area (Å²) in [6.45, 7) is 6.41. The fourth-order valence-electron chi connectivity index (χ4n) is 4.44. The van der Waals surface area contributed by atoms with E-state index in [9.17, 15) is 13.2 Å². The highest BCUT2D eigenvalue weighted by molar-refractivity contribution is 7.92. The van der Waals surface area contributed by atoms with Crippen LogP contribution in [0.5, 0.6) is 11.5 Å². The first-order chi connectivity index (χ1) is 17.6. The second-order valence-corrected chi connectivity index (χ2v) is 10.8. The van der Waals surface area contributed by atoms with Gasteiger partial charge in [-0.1, -0.05) is 35.9 Å². The van der Waals surface area contributed by atoms with E-state index in [4.69, 9.17) is 14.2 Å². The van der Waals surface area contributed by atoms with Crippen LogP contribution in [-0.2, 0) is 14.8 Å². The average Bonchev–Trinajstić information content (AvgIpc) is 3.30. The Labute approximate surface area is 218 Å². The first-order valence-corrected chi connectivity index (χ1v) is 13.4. The molecule has 1 saturated heterocycles. The van der Waals surface area contributed by atoms with Gasteiger partial charge in [0.1, 0.15) is 28.6 Å². The number of anilines is 1. The molecule has 2 atom stereocenters. The molecule has 3 aromatic rings. The minimum absolute atomic E-state index is 0.0408. The topological polar surface area (TPSA) is 94.2 Å². The van der Waals surface area contributed by atoms with Gasteiger partial charge in [0.05, 0.1) is 25.9 Å². The second kappa shape index (κ2) is 10.8. The van der Waals surface area contributed by atoms with Crippen LogP contribution >= 0.6 is 0 Å². The van der Waals surface area contributed by atoms with E-state index in [-0.39, 0.29) is 22.7 Å². The van der Waals surface area contributed by atoms with E-state index in [2.05, 4.69) is 4.72 Å². The Morgan fingerprint density at radius 1 is 0.919 bits per heavy atom. The van der Waals surface area contributed by atoms with Gasteiger partial charge in [-0.25, -0.2) is 8.42 Å². The molecular weight excluding hydrogens is 492 g/mol. The highest BCUT2D eigenvalue weighted by atomic mass is 32.2. The summed E-state index contributed by atoms with van der Waals surface area (Å²) in [6, 6.07) is 17.4. The Morgan fingerprint density at radius 3 is 2.35 bits per heavy atom. The van der Waals surface area contributed by atoms with Crippen molar-refractivity contribution < 1.29 is 27.4 Å². The van der Waals surface area contributed by atoms with Gasteiger partial charge in [-0.3, -0.25) is 9.52 Å². The molecule has 0 radical (unpaired) electrons. The van der Waals surface area contributed by atoms with Crippen molar-refractivity contribution >= 4 is 21.6 Å². The molecule has 1 N–H and O–H groups in total. The van der Waals surface area contributed by atoms with Crippen LogP contribution in [0, 0.1) is 20.8 Å². The smallest absolute Gasteiger partial charge is 0.265 e. The van der Waals surface area contributed by atoms with Crippen LogP contribution in [0.15, 0.2) is 65.6 Å². The van der Waals surface area contributed by atoms with Gasteiger partial charge in [-0.05, 0) is 56.7 Å². The van der Waals surface area contributed by atoms with Gasteiger partial charge in [0.2, 0.25) is 0 Å². The number of aryl methyl sites for hydroxylation is 2. The summed E-state index contributed by atoms with van der Waals surface area (Å²) in [4.78, 5) is 15.1. The molecule has 0 aliphatic carbocycles. The van der Waals surface area contributed by atoms with E-state index in [1.54, 1.807) is 55.3 Å². The normalized spacial score (nSPS) is 17.5. The Kier molecular flexibility index (Phi) is 7.75. The monoisotopic (exact) mass is 524 g/mol. The highest BCUT2D eigenvalue weighted by Crippen LogP contribution is 2.32. The maximum atomic E-state index is 13.3. The summed E-state index contributed by atoms with van der Waals surface area (Å²) in [5.41, 5.74) is 3.61. The van der Waals surface area contributed by atoms with Gasteiger partial charge < -0.3 is 19.1 Å². The number of para-hydroxylation sites is 1. The average molecular weight is 525 g/mol. The molecule has 1 aliphatic heterocycles. The van der Waals surface area contributed by atoms with Crippen LogP contribution in [0.25, 0.3) is 0 Å². The molecule has 2 unspecified atom stereocenters. The zero-order valence-electron chi connectivity index (χ0n) is 21.6. The molecule has 8 nitrogen and oxygen atoms in total. The van der Waals surface area contributed by atoms with Crippen molar-refractivity contribution in [1.29, 1.82) is 0 Å². The van der Waals surface area contributed by atoms with Crippen LogP contribution < -0.4 is 14.2 Å². The van der Waals surface area contributed by atoms with Crippen LogP contribution in [0.4, 0.5) is 5.69 Å². The van der Waals surface area contributed by atoms with Crippen molar-refractivity contribution in [3.8, 4) is 11.5 Å². The number of nitrogens with one attached hydrogen (secondary N) is 1. The Hall–Kier alpha value is -3.56. The number of carbonyl (C=O) groups excluding carboxylic acids is 1. The molecular formula is C28H32N2O6S. The van der Waals surface area contributed by atoms with E-state index >= 15 is 0 Å².